The lowest BCUT2D eigenvalue weighted by Gasteiger charge is -2.11. The SMILES string of the molecule is O=C(O)CCCn1nc(Cc2ccccc2)c2ccccc2c1=O. The minimum Gasteiger partial charge on any atom is -0.481 e. The van der Waals surface area contributed by atoms with Crippen LogP contribution in [0.25, 0.3) is 10.8 Å². The van der Waals surface area contributed by atoms with Gasteiger partial charge in [0.25, 0.3) is 5.56 Å². The predicted molar refractivity (Wildman–Crippen MR) is 92.1 cm³/mol. The minimum atomic E-state index is -0.867. The van der Waals surface area contributed by atoms with Crippen molar-refractivity contribution in [3.8, 4) is 0 Å². The van der Waals surface area contributed by atoms with E-state index in [-0.39, 0.29) is 12.0 Å². The molecule has 0 aliphatic carbocycles. The molecule has 1 N–H and O–H groups in total. The Balaban J connectivity index is 2.01. The molecule has 0 bridgehead atoms. The summed E-state index contributed by atoms with van der Waals surface area (Å²) in [6, 6.07) is 17.4. The Labute approximate surface area is 139 Å². The highest BCUT2D eigenvalue weighted by Gasteiger charge is 2.11. The van der Waals surface area contributed by atoms with Gasteiger partial charge in [0.1, 0.15) is 0 Å². The summed E-state index contributed by atoms with van der Waals surface area (Å²) >= 11 is 0. The molecule has 0 amide bonds. The number of aliphatic carboxylic acids is 1. The van der Waals surface area contributed by atoms with Crippen molar-refractivity contribution in [2.24, 2.45) is 0 Å². The number of hydrogen-bond donors (Lipinski definition) is 1. The van der Waals surface area contributed by atoms with E-state index in [1.54, 1.807) is 6.07 Å². The van der Waals surface area contributed by atoms with Crippen molar-refractivity contribution in [1.82, 2.24) is 9.78 Å². The zero-order chi connectivity index (χ0) is 16.9. The Hall–Kier alpha value is -2.95. The van der Waals surface area contributed by atoms with E-state index in [1.807, 2.05) is 48.5 Å². The molecule has 2 aromatic carbocycles. The van der Waals surface area contributed by atoms with Gasteiger partial charge < -0.3 is 5.11 Å². The third-order valence-electron chi connectivity index (χ3n) is 3.92. The zero-order valence-electron chi connectivity index (χ0n) is 13.2. The van der Waals surface area contributed by atoms with Gasteiger partial charge in [-0.25, -0.2) is 4.68 Å². The molecular formula is C19H18N2O3. The zero-order valence-corrected chi connectivity index (χ0v) is 13.2. The molecule has 0 atom stereocenters. The van der Waals surface area contributed by atoms with E-state index in [0.717, 1.165) is 16.6 Å². The fourth-order valence-electron chi connectivity index (χ4n) is 2.76. The van der Waals surface area contributed by atoms with Gasteiger partial charge in [-0.2, -0.15) is 5.10 Å². The molecule has 0 aliphatic rings. The summed E-state index contributed by atoms with van der Waals surface area (Å²) in [6.07, 6.45) is 1.03. The van der Waals surface area contributed by atoms with E-state index in [9.17, 15) is 9.59 Å². The predicted octanol–water partition coefficient (Wildman–Crippen LogP) is 2.85. The smallest absolute Gasteiger partial charge is 0.303 e. The molecule has 0 spiro atoms. The van der Waals surface area contributed by atoms with Gasteiger partial charge in [-0.1, -0.05) is 48.5 Å². The van der Waals surface area contributed by atoms with Crippen LogP contribution < -0.4 is 5.56 Å². The van der Waals surface area contributed by atoms with Crippen LogP contribution in [-0.4, -0.2) is 20.9 Å². The number of hydrogen-bond acceptors (Lipinski definition) is 3. The molecule has 0 aliphatic heterocycles. The maximum Gasteiger partial charge on any atom is 0.303 e. The Morgan fingerprint density at radius 3 is 2.38 bits per heavy atom. The van der Waals surface area contributed by atoms with E-state index in [1.165, 1.54) is 4.68 Å². The van der Waals surface area contributed by atoms with Crippen molar-refractivity contribution in [2.45, 2.75) is 25.8 Å². The van der Waals surface area contributed by atoms with E-state index in [2.05, 4.69) is 5.10 Å². The normalized spacial score (nSPS) is 10.8. The number of rotatable bonds is 6. The van der Waals surface area contributed by atoms with Crippen LogP contribution in [0.1, 0.15) is 24.1 Å². The molecule has 0 saturated heterocycles. The van der Waals surface area contributed by atoms with Crippen LogP contribution in [0.5, 0.6) is 0 Å². The van der Waals surface area contributed by atoms with Crippen LogP contribution in [0.3, 0.4) is 0 Å². The minimum absolute atomic E-state index is 0.0228. The molecule has 24 heavy (non-hydrogen) atoms. The Kier molecular flexibility index (Phi) is 4.70. The number of carboxylic acid groups (broad SMARTS) is 1. The molecule has 1 aromatic heterocycles. The number of aryl methyl sites for hydroxylation is 1. The second-order valence-electron chi connectivity index (χ2n) is 5.68. The molecule has 1 heterocycles. The fraction of sp³-hybridized carbons (Fsp3) is 0.211. The lowest BCUT2D eigenvalue weighted by molar-refractivity contribution is -0.137. The summed E-state index contributed by atoms with van der Waals surface area (Å²) in [4.78, 5) is 23.2. The maximum atomic E-state index is 12.6. The number of fused-ring (bicyclic) bond motifs is 1. The number of carbonyl (C=O) groups is 1. The van der Waals surface area contributed by atoms with Gasteiger partial charge in [0.2, 0.25) is 0 Å². The lowest BCUT2D eigenvalue weighted by Crippen LogP contribution is -2.25. The van der Waals surface area contributed by atoms with Gasteiger partial charge >= 0.3 is 5.97 Å². The maximum absolute atomic E-state index is 12.6. The van der Waals surface area contributed by atoms with Crippen LogP contribution in [0.4, 0.5) is 0 Å². The number of nitrogens with zero attached hydrogens (tertiary/aromatic N) is 2. The number of carboxylic acids is 1. The summed E-state index contributed by atoms with van der Waals surface area (Å²) in [5.41, 5.74) is 1.77. The topological polar surface area (TPSA) is 72.2 Å². The molecule has 0 unspecified atom stereocenters. The highest BCUT2D eigenvalue weighted by molar-refractivity contribution is 5.83. The van der Waals surface area contributed by atoms with Gasteiger partial charge in [-0.3, -0.25) is 9.59 Å². The van der Waals surface area contributed by atoms with Gasteiger partial charge in [0.05, 0.1) is 11.1 Å². The van der Waals surface area contributed by atoms with Gasteiger partial charge in [-0.05, 0) is 18.1 Å². The van der Waals surface area contributed by atoms with Crippen LogP contribution in [-0.2, 0) is 17.8 Å². The monoisotopic (exact) mass is 322 g/mol. The first kappa shape index (κ1) is 15.9. The van der Waals surface area contributed by atoms with Gasteiger partial charge in [0.15, 0.2) is 0 Å². The lowest BCUT2D eigenvalue weighted by atomic mass is 10.0. The molecule has 3 rings (SSSR count). The van der Waals surface area contributed by atoms with Crippen molar-refractivity contribution in [2.75, 3.05) is 0 Å². The quantitative estimate of drug-likeness (QED) is 0.757. The molecule has 0 radical (unpaired) electrons. The fourth-order valence-corrected chi connectivity index (χ4v) is 2.76. The van der Waals surface area contributed by atoms with Crippen molar-refractivity contribution >= 4 is 16.7 Å². The van der Waals surface area contributed by atoms with Crippen LogP contribution in [0.15, 0.2) is 59.4 Å². The first-order valence-corrected chi connectivity index (χ1v) is 7.89. The average molecular weight is 322 g/mol. The van der Waals surface area contributed by atoms with Gasteiger partial charge in [-0.15, -0.1) is 0 Å². The molecule has 3 aromatic rings. The summed E-state index contributed by atoms with van der Waals surface area (Å²) < 4.78 is 1.39. The summed E-state index contributed by atoms with van der Waals surface area (Å²) in [6.45, 7) is 0.303. The second-order valence-corrected chi connectivity index (χ2v) is 5.68. The summed E-state index contributed by atoms with van der Waals surface area (Å²) in [5, 5.41) is 14.7. The first-order valence-electron chi connectivity index (χ1n) is 7.89. The first-order chi connectivity index (χ1) is 11.6. The van der Waals surface area contributed by atoms with Crippen LogP contribution >= 0.6 is 0 Å². The van der Waals surface area contributed by atoms with E-state index >= 15 is 0 Å². The Morgan fingerprint density at radius 2 is 1.67 bits per heavy atom. The van der Waals surface area contributed by atoms with Crippen molar-refractivity contribution in [1.29, 1.82) is 0 Å². The third-order valence-corrected chi connectivity index (χ3v) is 3.92. The number of aromatic nitrogens is 2. The standard InChI is InChI=1S/C19H18N2O3/c22-18(23)11-6-12-21-19(24)16-10-5-4-9-15(16)17(20-21)13-14-7-2-1-3-8-14/h1-5,7-10H,6,11-13H2,(H,22,23). The largest absolute Gasteiger partial charge is 0.481 e. The Bertz CT molecular complexity index is 917. The molecule has 5 nitrogen and oxygen atoms in total. The molecule has 0 saturated carbocycles. The van der Waals surface area contributed by atoms with E-state index < -0.39 is 5.97 Å². The van der Waals surface area contributed by atoms with Gasteiger partial charge in [0, 0.05) is 24.8 Å². The van der Waals surface area contributed by atoms with Crippen molar-refractivity contribution < 1.29 is 9.90 Å². The average Bonchev–Trinajstić information content (AvgIpc) is 2.59. The molecule has 122 valence electrons. The highest BCUT2D eigenvalue weighted by Crippen LogP contribution is 2.17. The second kappa shape index (κ2) is 7.08. The molecule has 0 fully saturated rings. The van der Waals surface area contributed by atoms with Crippen molar-refractivity contribution in [3.63, 3.8) is 0 Å². The van der Waals surface area contributed by atoms with E-state index in [4.69, 9.17) is 5.11 Å². The van der Waals surface area contributed by atoms with Crippen molar-refractivity contribution in [3.05, 3.63) is 76.2 Å². The van der Waals surface area contributed by atoms with Crippen LogP contribution in [0.2, 0.25) is 0 Å². The molecule has 5 heteroatoms. The van der Waals surface area contributed by atoms with Crippen LogP contribution in [0, 0.1) is 0 Å². The highest BCUT2D eigenvalue weighted by atomic mass is 16.4. The molecular weight excluding hydrogens is 304 g/mol. The summed E-state index contributed by atoms with van der Waals surface area (Å²) in [7, 11) is 0. The third kappa shape index (κ3) is 3.51. The summed E-state index contributed by atoms with van der Waals surface area (Å²) in [5.74, 6) is -0.867. The Morgan fingerprint density at radius 1 is 1.00 bits per heavy atom. The van der Waals surface area contributed by atoms with E-state index in [0.29, 0.717) is 24.8 Å². The number of benzene rings is 2.